The molecule has 0 saturated heterocycles. The van der Waals surface area contributed by atoms with Gasteiger partial charge in [0.2, 0.25) is 0 Å². The maximum absolute atomic E-state index is 5.79. The summed E-state index contributed by atoms with van der Waals surface area (Å²) in [7, 11) is 1.91. The van der Waals surface area contributed by atoms with Gasteiger partial charge in [-0.2, -0.15) is 0 Å². The van der Waals surface area contributed by atoms with E-state index in [-0.39, 0.29) is 5.41 Å². The van der Waals surface area contributed by atoms with Gasteiger partial charge < -0.3 is 14.5 Å². The molecule has 0 radical (unpaired) electrons. The Balaban J connectivity index is 1.98. The van der Waals surface area contributed by atoms with Crippen molar-refractivity contribution in [2.75, 3.05) is 7.05 Å². The predicted molar refractivity (Wildman–Crippen MR) is 85.7 cm³/mol. The summed E-state index contributed by atoms with van der Waals surface area (Å²) in [5.74, 6) is 2.70. The summed E-state index contributed by atoms with van der Waals surface area (Å²) in [6.45, 7) is 9.87. The third-order valence-corrected chi connectivity index (χ3v) is 3.51. The highest BCUT2D eigenvalue weighted by molar-refractivity contribution is 5.31. The van der Waals surface area contributed by atoms with Crippen molar-refractivity contribution in [3.63, 3.8) is 0 Å². The van der Waals surface area contributed by atoms with Gasteiger partial charge in [0, 0.05) is 0 Å². The lowest BCUT2D eigenvalue weighted by Crippen LogP contribution is -2.10. The fraction of sp³-hybridized carbons (Fsp3) is 0.444. The molecule has 1 aromatic carbocycles. The van der Waals surface area contributed by atoms with Crippen LogP contribution in [-0.2, 0) is 18.6 Å². The third-order valence-electron chi connectivity index (χ3n) is 3.51. The molecule has 2 rings (SSSR count). The summed E-state index contributed by atoms with van der Waals surface area (Å²) >= 11 is 0. The van der Waals surface area contributed by atoms with Crippen LogP contribution in [-0.4, -0.2) is 7.05 Å². The molecule has 21 heavy (non-hydrogen) atoms. The average Bonchev–Trinajstić information content (AvgIpc) is 2.77. The largest absolute Gasteiger partial charge is 0.486 e. The Hall–Kier alpha value is -1.74. The van der Waals surface area contributed by atoms with Gasteiger partial charge in [0.05, 0.1) is 6.54 Å². The Morgan fingerprint density at radius 3 is 2.38 bits per heavy atom. The minimum Gasteiger partial charge on any atom is -0.486 e. The first kappa shape index (κ1) is 15.6. The summed E-state index contributed by atoms with van der Waals surface area (Å²) in [6.07, 6.45) is 0. The Labute approximate surface area is 127 Å². The van der Waals surface area contributed by atoms with Crippen LogP contribution >= 0.6 is 0 Å². The minimum atomic E-state index is 0.165. The van der Waals surface area contributed by atoms with E-state index in [1.165, 1.54) is 5.56 Å². The first-order chi connectivity index (χ1) is 9.90. The van der Waals surface area contributed by atoms with Crippen molar-refractivity contribution in [1.82, 2.24) is 5.32 Å². The molecule has 1 aromatic heterocycles. The van der Waals surface area contributed by atoms with E-state index in [0.29, 0.717) is 6.61 Å². The quantitative estimate of drug-likeness (QED) is 0.895. The molecule has 0 unspecified atom stereocenters. The van der Waals surface area contributed by atoms with E-state index in [9.17, 15) is 0 Å². The van der Waals surface area contributed by atoms with Gasteiger partial charge in [-0.25, -0.2) is 0 Å². The fourth-order valence-electron chi connectivity index (χ4n) is 2.20. The summed E-state index contributed by atoms with van der Waals surface area (Å²) in [6, 6.07) is 10.3. The molecule has 3 heteroatoms. The van der Waals surface area contributed by atoms with Crippen LogP contribution in [0, 0.1) is 6.92 Å². The van der Waals surface area contributed by atoms with E-state index in [2.05, 4.69) is 45.1 Å². The molecule has 0 saturated carbocycles. The molecule has 0 aliphatic carbocycles. The highest BCUT2D eigenvalue weighted by Gasteiger charge is 2.13. The number of hydrogen-bond donors (Lipinski definition) is 1. The second-order valence-corrected chi connectivity index (χ2v) is 6.41. The molecule has 3 nitrogen and oxygen atoms in total. The van der Waals surface area contributed by atoms with Crippen molar-refractivity contribution in [2.24, 2.45) is 0 Å². The van der Waals surface area contributed by atoms with Gasteiger partial charge in [-0.05, 0) is 48.7 Å². The summed E-state index contributed by atoms with van der Waals surface area (Å²) in [5, 5.41) is 3.10. The number of hydrogen-bond acceptors (Lipinski definition) is 3. The summed E-state index contributed by atoms with van der Waals surface area (Å²) in [4.78, 5) is 0. The van der Waals surface area contributed by atoms with E-state index < -0.39 is 0 Å². The number of furan rings is 1. The van der Waals surface area contributed by atoms with Crippen LogP contribution in [0.4, 0.5) is 0 Å². The van der Waals surface area contributed by atoms with Gasteiger partial charge >= 0.3 is 0 Å². The maximum Gasteiger partial charge on any atom is 0.146 e. The zero-order valence-corrected chi connectivity index (χ0v) is 13.6. The van der Waals surface area contributed by atoms with Crippen LogP contribution < -0.4 is 10.1 Å². The first-order valence-electron chi connectivity index (χ1n) is 7.36. The lowest BCUT2D eigenvalue weighted by molar-refractivity contribution is 0.265. The summed E-state index contributed by atoms with van der Waals surface area (Å²) < 4.78 is 11.6. The van der Waals surface area contributed by atoms with Crippen LogP contribution in [0.5, 0.6) is 5.75 Å². The molecule has 0 aliphatic rings. The minimum absolute atomic E-state index is 0.165. The maximum atomic E-state index is 5.79. The van der Waals surface area contributed by atoms with Gasteiger partial charge in [0.25, 0.3) is 0 Å². The van der Waals surface area contributed by atoms with E-state index in [4.69, 9.17) is 9.15 Å². The van der Waals surface area contributed by atoms with Crippen LogP contribution in [0.25, 0.3) is 0 Å². The molecule has 0 amide bonds. The second-order valence-electron chi connectivity index (χ2n) is 6.41. The van der Waals surface area contributed by atoms with Crippen LogP contribution in [0.2, 0.25) is 0 Å². The van der Waals surface area contributed by atoms with Gasteiger partial charge in [-0.3, -0.25) is 0 Å². The molecule has 1 N–H and O–H groups in total. The Morgan fingerprint density at radius 1 is 1.14 bits per heavy atom. The zero-order valence-electron chi connectivity index (χ0n) is 13.6. The lowest BCUT2D eigenvalue weighted by atomic mass is 9.87. The van der Waals surface area contributed by atoms with Crippen molar-refractivity contribution in [3.05, 3.63) is 53.0 Å². The van der Waals surface area contributed by atoms with Crippen molar-refractivity contribution in [2.45, 2.75) is 46.3 Å². The molecular formula is C18H25NO2. The number of nitrogens with one attached hydrogen (secondary N) is 1. The SMILES string of the molecule is CNCc1oc(COc2ccc(C(C)(C)C)cc2)cc1C. The van der Waals surface area contributed by atoms with Crippen LogP contribution in [0.1, 0.15) is 43.4 Å². The molecule has 0 fully saturated rings. The number of rotatable bonds is 5. The molecule has 0 atom stereocenters. The first-order valence-corrected chi connectivity index (χ1v) is 7.36. The van der Waals surface area contributed by atoms with Gasteiger partial charge in [-0.15, -0.1) is 0 Å². The molecule has 2 aromatic rings. The van der Waals surface area contributed by atoms with Crippen molar-refractivity contribution >= 4 is 0 Å². The fourth-order valence-corrected chi connectivity index (χ4v) is 2.20. The third kappa shape index (κ3) is 4.11. The van der Waals surface area contributed by atoms with E-state index in [1.807, 2.05) is 25.2 Å². The van der Waals surface area contributed by atoms with Crippen LogP contribution in [0.15, 0.2) is 34.7 Å². The number of ether oxygens (including phenoxy) is 1. The molecule has 0 bridgehead atoms. The number of aryl methyl sites for hydroxylation is 1. The lowest BCUT2D eigenvalue weighted by Gasteiger charge is -2.19. The monoisotopic (exact) mass is 287 g/mol. The van der Waals surface area contributed by atoms with Gasteiger partial charge in [-0.1, -0.05) is 32.9 Å². The van der Waals surface area contributed by atoms with Crippen LogP contribution in [0.3, 0.4) is 0 Å². The Bertz CT molecular complexity index is 576. The average molecular weight is 287 g/mol. The van der Waals surface area contributed by atoms with Crippen molar-refractivity contribution in [3.8, 4) is 5.75 Å². The molecule has 0 spiro atoms. The van der Waals surface area contributed by atoms with Crippen molar-refractivity contribution < 1.29 is 9.15 Å². The molecule has 1 heterocycles. The molecule has 0 aliphatic heterocycles. The zero-order chi connectivity index (χ0) is 15.5. The van der Waals surface area contributed by atoms with Gasteiger partial charge in [0.15, 0.2) is 0 Å². The Morgan fingerprint density at radius 2 is 1.81 bits per heavy atom. The highest BCUT2D eigenvalue weighted by atomic mass is 16.5. The normalized spacial score (nSPS) is 11.7. The Kier molecular flexibility index (Phi) is 4.73. The smallest absolute Gasteiger partial charge is 0.146 e. The van der Waals surface area contributed by atoms with E-state index in [0.717, 1.165) is 29.4 Å². The van der Waals surface area contributed by atoms with E-state index in [1.54, 1.807) is 0 Å². The highest BCUT2D eigenvalue weighted by Crippen LogP contribution is 2.25. The predicted octanol–water partition coefficient (Wildman–Crippen LogP) is 4.18. The van der Waals surface area contributed by atoms with Gasteiger partial charge in [0.1, 0.15) is 23.9 Å². The standard InChI is InChI=1S/C18H25NO2/c1-13-10-16(21-17(13)11-19-5)12-20-15-8-6-14(7-9-15)18(2,3)4/h6-10,19H,11-12H2,1-5H3. The topological polar surface area (TPSA) is 34.4 Å². The summed E-state index contributed by atoms with van der Waals surface area (Å²) in [5.41, 5.74) is 2.63. The number of benzene rings is 1. The van der Waals surface area contributed by atoms with E-state index >= 15 is 0 Å². The molecule has 114 valence electrons. The second kappa shape index (κ2) is 6.35. The van der Waals surface area contributed by atoms with Crippen molar-refractivity contribution in [1.29, 1.82) is 0 Å². The molecular weight excluding hydrogens is 262 g/mol.